The lowest BCUT2D eigenvalue weighted by molar-refractivity contribution is 0.625. The molecule has 0 N–H and O–H groups in total. The lowest BCUT2D eigenvalue weighted by Crippen LogP contribution is -1.99. The highest BCUT2D eigenvalue weighted by molar-refractivity contribution is 14.1. The Morgan fingerprint density at radius 2 is 2.27 bits per heavy atom. The van der Waals surface area contributed by atoms with Crippen LogP contribution in [0.15, 0.2) is 30.6 Å². The van der Waals surface area contributed by atoms with Gasteiger partial charge >= 0.3 is 0 Å². The molecular weight excluding hydrogens is 329 g/mol. The van der Waals surface area contributed by atoms with Crippen LogP contribution >= 0.6 is 34.2 Å². The molecule has 0 saturated heterocycles. The van der Waals surface area contributed by atoms with Gasteiger partial charge in [0, 0.05) is 6.20 Å². The molecule has 2 aromatic rings. The van der Waals surface area contributed by atoms with E-state index >= 15 is 0 Å². The van der Waals surface area contributed by atoms with Gasteiger partial charge in [0.1, 0.15) is 5.82 Å². The zero-order valence-electron chi connectivity index (χ0n) is 7.62. The third-order valence-electron chi connectivity index (χ3n) is 1.93. The van der Waals surface area contributed by atoms with E-state index < -0.39 is 5.82 Å². The van der Waals surface area contributed by atoms with Crippen LogP contribution in [0.1, 0.15) is 5.56 Å². The molecule has 0 atom stereocenters. The summed E-state index contributed by atoms with van der Waals surface area (Å²) < 4.78 is 15.7. The molecule has 1 aromatic heterocycles. The molecule has 1 aromatic carbocycles. The molecule has 5 heteroatoms. The fourth-order valence-corrected chi connectivity index (χ4v) is 1.90. The van der Waals surface area contributed by atoms with Crippen molar-refractivity contribution in [2.45, 2.75) is 6.54 Å². The van der Waals surface area contributed by atoms with Gasteiger partial charge in [0.25, 0.3) is 0 Å². The van der Waals surface area contributed by atoms with Crippen LogP contribution in [-0.2, 0) is 6.54 Å². The quantitative estimate of drug-likeness (QED) is 0.769. The second-order valence-electron chi connectivity index (χ2n) is 3.10. The van der Waals surface area contributed by atoms with Gasteiger partial charge in [-0.1, -0.05) is 17.7 Å². The maximum atomic E-state index is 12.9. The van der Waals surface area contributed by atoms with Crippen molar-refractivity contribution in [3.05, 3.63) is 50.6 Å². The van der Waals surface area contributed by atoms with Crippen molar-refractivity contribution in [3.63, 3.8) is 0 Å². The van der Waals surface area contributed by atoms with E-state index in [0.29, 0.717) is 6.54 Å². The maximum absolute atomic E-state index is 12.9. The Kier molecular flexibility index (Phi) is 3.25. The number of nitrogens with zero attached hydrogens (tertiary/aromatic N) is 2. The summed E-state index contributed by atoms with van der Waals surface area (Å²) in [5.74, 6) is -0.393. The largest absolute Gasteiger partial charge is 0.267 e. The lowest BCUT2D eigenvalue weighted by atomic mass is 10.2. The summed E-state index contributed by atoms with van der Waals surface area (Å²) in [5, 5.41) is 4.28. The number of hydrogen-bond acceptors (Lipinski definition) is 1. The second-order valence-corrected chi connectivity index (χ2v) is 4.76. The Balaban J connectivity index is 2.21. The average Bonchev–Trinajstić information content (AvgIpc) is 2.58. The molecule has 15 heavy (non-hydrogen) atoms. The maximum Gasteiger partial charge on any atom is 0.141 e. The predicted molar refractivity (Wildman–Crippen MR) is 65.5 cm³/mol. The van der Waals surface area contributed by atoms with Crippen LogP contribution in [0, 0.1) is 9.39 Å². The number of aromatic nitrogens is 2. The molecule has 0 aliphatic heterocycles. The standard InChI is InChI=1S/C10H7ClFIN2/c11-9-3-7(1-2-10(9)12)5-15-6-8(13)4-14-15/h1-4,6H,5H2. The van der Waals surface area contributed by atoms with Crippen molar-refractivity contribution in [2.75, 3.05) is 0 Å². The monoisotopic (exact) mass is 336 g/mol. The van der Waals surface area contributed by atoms with Gasteiger partial charge in [-0.15, -0.1) is 0 Å². The molecule has 0 unspecified atom stereocenters. The molecule has 0 amide bonds. The summed E-state index contributed by atoms with van der Waals surface area (Å²) in [6.07, 6.45) is 3.68. The normalized spacial score (nSPS) is 10.6. The Morgan fingerprint density at radius 3 is 2.87 bits per heavy atom. The van der Waals surface area contributed by atoms with Crippen LogP contribution < -0.4 is 0 Å². The zero-order valence-corrected chi connectivity index (χ0v) is 10.5. The van der Waals surface area contributed by atoms with Gasteiger partial charge in [0.2, 0.25) is 0 Å². The smallest absolute Gasteiger partial charge is 0.141 e. The number of benzene rings is 1. The first-order valence-electron chi connectivity index (χ1n) is 4.27. The van der Waals surface area contributed by atoms with E-state index in [4.69, 9.17) is 11.6 Å². The zero-order chi connectivity index (χ0) is 10.8. The van der Waals surface area contributed by atoms with Gasteiger partial charge in [-0.3, -0.25) is 4.68 Å². The molecule has 0 fully saturated rings. The van der Waals surface area contributed by atoms with E-state index in [1.807, 2.05) is 6.20 Å². The fourth-order valence-electron chi connectivity index (χ4n) is 1.25. The highest BCUT2D eigenvalue weighted by atomic mass is 127. The third-order valence-corrected chi connectivity index (χ3v) is 2.78. The van der Waals surface area contributed by atoms with Gasteiger partial charge in [-0.2, -0.15) is 5.10 Å². The van der Waals surface area contributed by atoms with Crippen LogP contribution in [0.5, 0.6) is 0 Å². The molecular formula is C10H7ClFIN2. The van der Waals surface area contributed by atoms with Gasteiger partial charge in [0.15, 0.2) is 0 Å². The molecule has 2 rings (SSSR count). The summed E-state index contributed by atoms with van der Waals surface area (Å²) >= 11 is 7.87. The Bertz CT molecular complexity index is 484. The molecule has 0 aliphatic rings. The number of hydrogen-bond donors (Lipinski definition) is 0. The molecule has 0 aliphatic carbocycles. The fraction of sp³-hybridized carbons (Fsp3) is 0.100. The first kappa shape index (κ1) is 10.9. The highest BCUT2D eigenvalue weighted by Crippen LogP contribution is 2.16. The molecule has 0 spiro atoms. The summed E-state index contributed by atoms with van der Waals surface area (Å²) in [7, 11) is 0. The van der Waals surface area contributed by atoms with Crippen molar-refractivity contribution in [1.29, 1.82) is 0 Å². The molecule has 1 heterocycles. The topological polar surface area (TPSA) is 17.8 Å². The van der Waals surface area contributed by atoms with Crippen molar-refractivity contribution in [2.24, 2.45) is 0 Å². The van der Waals surface area contributed by atoms with Crippen molar-refractivity contribution < 1.29 is 4.39 Å². The minimum Gasteiger partial charge on any atom is -0.267 e. The molecule has 2 nitrogen and oxygen atoms in total. The van der Waals surface area contributed by atoms with Crippen LogP contribution in [-0.4, -0.2) is 9.78 Å². The third kappa shape index (κ3) is 2.69. The molecule has 0 radical (unpaired) electrons. The van der Waals surface area contributed by atoms with E-state index in [1.54, 1.807) is 23.0 Å². The first-order chi connectivity index (χ1) is 7.15. The lowest BCUT2D eigenvalue weighted by Gasteiger charge is -2.02. The van der Waals surface area contributed by atoms with E-state index in [1.165, 1.54) is 6.07 Å². The van der Waals surface area contributed by atoms with Crippen molar-refractivity contribution in [1.82, 2.24) is 9.78 Å². The average molecular weight is 337 g/mol. The van der Waals surface area contributed by atoms with Gasteiger partial charge in [-0.25, -0.2) is 4.39 Å². The first-order valence-corrected chi connectivity index (χ1v) is 5.73. The van der Waals surface area contributed by atoms with Crippen LogP contribution in [0.25, 0.3) is 0 Å². The highest BCUT2D eigenvalue weighted by Gasteiger charge is 2.02. The summed E-state index contributed by atoms with van der Waals surface area (Å²) in [4.78, 5) is 0. The molecule has 78 valence electrons. The second kappa shape index (κ2) is 4.49. The Hall–Kier alpha value is -0.620. The van der Waals surface area contributed by atoms with Crippen molar-refractivity contribution >= 4 is 34.2 Å². The minimum atomic E-state index is -0.393. The number of halogens is 3. The summed E-state index contributed by atoms with van der Waals surface area (Å²) in [6, 6.07) is 4.69. The van der Waals surface area contributed by atoms with Crippen LogP contribution in [0.2, 0.25) is 5.02 Å². The van der Waals surface area contributed by atoms with Gasteiger partial charge < -0.3 is 0 Å². The molecule has 0 saturated carbocycles. The Labute approximate surface area is 105 Å². The van der Waals surface area contributed by atoms with Crippen LogP contribution in [0.4, 0.5) is 4.39 Å². The minimum absolute atomic E-state index is 0.148. The summed E-state index contributed by atoms with van der Waals surface area (Å²) in [5.41, 5.74) is 0.931. The SMILES string of the molecule is Fc1ccc(Cn2cc(I)cn2)cc1Cl. The predicted octanol–water partition coefficient (Wildman–Crippen LogP) is 3.33. The van der Waals surface area contributed by atoms with Crippen molar-refractivity contribution in [3.8, 4) is 0 Å². The Morgan fingerprint density at radius 1 is 1.47 bits per heavy atom. The number of rotatable bonds is 2. The van der Waals surface area contributed by atoms with Gasteiger partial charge in [0.05, 0.1) is 21.3 Å². The van der Waals surface area contributed by atoms with E-state index in [0.717, 1.165) is 9.13 Å². The van der Waals surface area contributed by atoms with Crippen LogP contribution in [0.3, 0.4) is 0 Å². The van der Waals surface area contributed by atoms with E-state index in [9.17, 15) is 4.39 Å². The van der Waals surface area contributed by atoms with E-state index in [-0.39, 0.29) is 5.02 Å². The van der Waals surface area contributed by atoms with E-state index in [2.05, 4.69) is 27.7 Å². The summed E-state index contributed by atoms with van der Waals surface area (Å²) in [6.45, 7) is 0.600. The molecule has 0 bridgehead atoms. The van der Waals surface area contributed by atoms with Gasteiger partial charge in [-0.05, 0) is 40.3 Å².